The molecule has 1 aromatic rings. The van der Waals surface area contributed by atoms with Gasteiger partial charge in [0.1, 0.15) is 11.5 Å². The molecule has 2 N–H and O–H groups in total. The topological polar surface area (TPSA) is 66.8 Å². The van der Waals surface area contributed by atoms with Crippen LogP contribution in [0.3, 0.4) is 0 Å². The molecule has 1 aromatic carbocycles. The van der Waals surface area contributed by atoms with E-state index in [0.29, 0.717) is 30.6 Å². The highest BCUT2D eigenvalue weighted by atomic mass is 16.5. The van der Waals surface area contributed by atoms with Crippen molar-refractivity contribution < 1.29 is 19.7 Å². The standard InChI is InChI=1S/C12H14O4/c1-16-9-3-2-8(10(13)6-9)7-12(4-5-12)11(14)15/h2-3,6,13H,4-5,7H2,1H3,(H,14,15). The molecular formula is C12H14O4. The molecule has 1 aliphatic rings. The molecular weight excluding hydrogens is 208 g/mol. The SMILES string of the molecule is COc1ccc(CC2(C(=O)O)CC2)c(O)c1. The molecule has 4 nitrogen and oxygen atoms in total. The van der Waals surface area contributed by atoms with Crippen LogP contribution in [0.15, 0.2) is 18.2 Å². The molecule has 86 valence electrons. The Morgan fingerprint density at radius 3 is 2.62 bits per heavy atom. The van der Waals surface area contributed by atoms with Gasteiger partial charge in [0.15, 0.2) is 0 Å². The first-order valence-electron chi connectivity index (χ1n) is 5.17. The van der Waals surface area contributed by atoms with Crippen LogP contribution in [0.4, 0.5) is 0 Å². The number of ether oxygens (including phenoxy) is 1. The van der Waals surface area contributed by atoms with Crippen LogP contribution in [-0.2, 0) is 11.2 Å². The zero-order chi connectivity index (χ0) is 11.8. The van der Waals surface area contributed by atoms with E-state index in [1.807, 2.05) is 0 Å². The summed E-state index contributed by atoms with van der Waals surface area (Å²) < 4.78 is 4.97. The summed E-state index contributed by atoms with van der Waals surface area (Å²) in [5.41, 5.74) is 0.0206. The summed E-state index contributed by atoms with van der Waals surface area (Å²) in [6, 6.07) is 4.96. The highest BCUT2D eigenvalue weighted by molar-refractivity contribution is 5.78. The van der Waals surface area contributed by atoms with Gasteiger partial charge in [-0.25, -0.2) is 0 Å². The Balaban J connectivity index is 2.19. The van der Waals surface area contributed by atoms with Crippen molar-refractivity contribution in [2.75, 3.05) is 7.11 Å². The molecule has 0 saturated heterocycles. The lowest BCUT2D eigenvalue weighted by atomic mass is 9.96. The molecule has 2 rings (SSSR count). The van der Waals surface area contributed by atoms with E-state index in [1.165, 1.54) is 13.2 Å². The first-order chi connectivity index (χ1) is 7.57. The van der Waals surface area contributed by atoms with Crippen LogP contribution in [0, 0.1) is 5.41 Å². The summed E-state index contributed by atoms with van der Waals surface area (Å²) in [6.45, 7) is 0. The summed E-state index contributed by atoms with van der Waals surface area (Å²) in [4.78, 5) is 11.0. The van der Waals surface area contributed by atoms with Crippen molar-refractivity contribution in [3.05, 3.63) is 23.8 Å². The van der Waals surface area contributed by atoms with E-state index in [-0.39, 0.29) is 5.75 Å². The third-order valence-electron chi connectivity index (χ3n) is 3.13. The number of benzene rings is 1. The van der Waals surface area contributed by atoms with Gasteiger partial charge in [0.05, 0.1) is 12.5 Å². The predicted octanol–water partition coefficient (Wildman–Crippen LogP) is 1.81. The second-order valence-corrected chi connectivity index (χ2v) is 4.26. The molecule has 0 atom stereocenters. The monoisotopic (exact) mass is 222 g/mol. The van der Waals surface area contributed by atoms with E-state index in [9.17, 15) is 9.90 Å². The number of carboxylic acid groups (broad SMARTS) is 1. The number of phenols is 1. The van der Waals surface area contributed by atoms with Gasteiger partial charge in [-0.3, -0.25) is 4.79 Å². The van der Waals surface area contributed by atoms with Crippen LogP contribution in [0.1, 0.15) is 18.4 Å². The van der Waals surface area contributed by atoms with Crippen molar-refractivity contribution in [1.82, 2.24) is 0 Å². The van der Waals surface area contributed by atoms with Gasteiger partial charge in [0.25, 0.3) is 0 Å². The van der Waals surface area contributed by atoms with Crippen molar-refractivity contribution in [3.63, 3.8) is 0 Å². The number of methoxy groups -OCH3 is 1. The lowest BCUT2D eigenvalue weighted by molar-refractivity contribution is -0.143. The maximum atomic E-state index is 11.0. The van der Waals surface area contributed by atoms with Crippen LogP contribution < -0.4 is 4.74 Å². The molecule has 0 bridgehead atoms. The molecule has 1 saturated carbocycles. The van der Waals surface area contributed by atoms with Gasteiger partial charge in [-0.05, 0) is 30.9 Å². The van der Waals surface area contributed by atoms with Crippen LogP contribution in [0.5, 0.6) is 11.5 Å². The van der Waals surface area contributed by atoms with E-state index in [1.54, 1.807) is 12.1 Å². The Hall–Kier alpha value is -1.71. The van der Waals surface area contributed by atoms with Gasteiger partial charge in [-0.1, -0.05) is 6.07 Å². The summed E-state index contributed by atoms with van der Waals surface area (Å²) in [6.07, 6.45) is 1.76. The molecule has 1 aliphatic carbocycles. The minimum Gasteiger partial charge on any atom is -0.508 e. The van der Waals surface area contributed by atoms with Crippen molar-refractivity contribution in [2.24, 2.45) is 5.41 Å². The van der Waals surface area contributed by atoms with Crippen molar-refractivity contribution in [1.29, 1.82) is 0 Å². The highest BCUT2D eigenvalue weighted by Crippen LogP contribution is 2.49. The number of carboxylic acids is 1. The molecule has 1 fully saturated rings. The third-order valence-corrected chi connectivity index (χ3v) is 3.13. The number of hydrogen-bond acceptors (Lipinski definition) is 3. The molecule has 0 aromatic heterocycles. The van der Waals surface area contributed by atoms with Gasteiger partial charge in [0, 0.05) is 6.07 Å². The summed E-state index contributed by atoms with van der Waals surface area (Å²) in [5, 5.41) is 18.8. The minimum atomic E-state index is -0.775. The summed E-state index contributed by atoms with van der Waals surface area (Å²) in [5.74, 6) is -0.101. The van der Waals surface area contributed by atoms with Crippen LogP contribution in [0.25, 0.3) is 0 Å². The van der Waals surface area contributed by atoms with Crippen molar-refractivity contribution >= 4 is 5.97 Å². The quantitative estimate of drug-likeness (QED) is 0.815. The van der Waals surface area contributed by atoms with E-state index in [2.05, 4.69) is 0 Å². The first-order valence-corrected chi connectivity index (χ1v) is 5.17. The highest BCUT2D eigenvalue weighted by Gasteiger charge is 2.50. The second kappa shape index (κ2) is 3.70. The Bertz CT molecular complexity index is 421. The van der Waals surface area contributed by atoms with Gasteiger partial charge in [-0.15, -0.1) is 0 Å². The predicted molar refractivity (Wildman–Crippen MR) is 57.7 cm³/mol. The Morgan fingerprint density at radius 1 is 1.50 bits per heavy atom. The second-order valence-electron chi connectivity index (χ2n) is 4.26. The number of aliphatic carboxylic acids is 1. The fourth-order valence-corrected chi connectivity index (χ4v) is 1.80. The normalized spacial score (nSPS) is 16.8. The Kier molecular flexibility index (Phi) is 2.50. The average Bonchev–Trinajstić information content (AvgIpc) is 3.02. The number of hydrogen-bond donors (Lipinski definition) is 2. The molecule has 4 heteroatoms. The van der Waals surface area contributed by atoms with E-state index >= 15 is 0 Å². The van der Waals surface area contributed by atoms with Gasteiger partial charge >= 0.3 is 5.97 Å². The molecule has 0 aliphatic heterocycles. The summed E-state index contributed by atoms with van der Waals surface area (Å²) in [7, 11) is 1.52. The molecule has 0 radical (unpaired) electrons. The Morgan fingerprint density at radius 2 is 2.19 bits per heavy atom. The fourth-order valence-electron chi connectivity index (χ4n) is 1.80. The number of rotatable bonds is 4. The lowest BCUT2D eigenvalue weighted by Gasteiger charge is -2.11. The maximum absolute atomic E-state index is 11.0. The largest absolute Gasteiger partial charge is 0.508 e. The molecule has 0 spiro atoms. The van der Waals surface area contributed by atoms with Gasteiger partial charge in [0.2, 0.25) is 0 Å². The number of aromatic hydroxyl groups is 1. The van der Waals surface area contributed by atoms with Crippen molar-refractivity contribution in [2.45, 2.75) is 19.3 Å². The first kappa shape index (κ1) is 10.8. The van der Waals surface area contributed by atoms with E-state index < -0.39 is 11.4 Å². The van der Waals surface area contributed by atoms with Crippen LogP contribution in [0.2, 0.25) is 0 Å². The Labute approximate surface area is 93.5 Å². The van der Waals surface area contributed by atoms with E-state index in [0.717, 1.165) is 0 Å². The van der Waals surface area contributed by atoms with Crippen molar-refractivity contribution in [3.8, 4) is 11.5 Å². The van der Waals surface area contributed by atoms with Gasteiger partial charge in [-0.2, -0.15) is 0 Å². The van der Waals surface area contributed by atoms with Crippen LogP contribution in [-0.4, -0.2) is 23.3 Å². The fraction of sp³-hybridized carbons (Fsp3) is 0.417. The third kappa shape index (κ3) is 1.83. The zero-order valence-electron chi connectivity index (χ0n) is 9.06. The van der Waals surface area contributed by atoms with Crippen LogP contribution >= 0.6 is 0 Å². The smallest absolute Gasteiger partial charge is 0.309 e. The zero-order valence-corrected chi connectivity index (χ0v) is 9.06. The maximum Gasteiger partial charge on any atom is 0.309 e. The van der Waals surface area contributed by atoms with E-state index in [4.69, 9.17) is 9.84 Å². The minimum absolute atomic E-state index is 0.104. The number of carbonyl (C=O) groups is 1. The number of phenolic OH excluding ortho intramolecular Hbond substituents is 1. The lowest BCUT2D eigenvalue weighted by Crippen LogP contribution is -2.17. The van der Waals surface area contributed by atoms with Gasteiger partial charge < -0.3 is 14.9 Å². The molecule has 0 amide bonds. The summed E-state index contributed by atoms with van der Waals surface area (Å²) >= 11 is 0. The molecule has 16 heavy (non-hydrogen) atoms. The molecule has 0 heterocycles. The molecule has 0 unspecified atom stereocenters. The average molecular weight is 222 g/mol.